The Kier molecular flexibility index (Phi) is 10.3. The second kappa shape index (κ2) is 15.1. The molecule has 0 heterocycles. The van der Waals surface area contributed by atoms with E-state index in [2.05, 4.69) is 24.3 Å². The van der Waals surface area contributed by atoms with E-state index in [4.69, 9.17) is 23.2 Å². The van der Waals surface area contributed by atoms with Gasteiger partial charge in [-0.2, -0.15) is 0 Å². The first kappa shape index (κ1) is 35.6. The standard InChI is InChI=1S/2C22H19ClO3/c2*23-16-11-9-14(10-12-16)13-5-7-15(8-6-13)19-20(24)17-3-1-2-4-18(17)21(25)22(19)26/h2*1-4,9-13,15,24H,5-8H2. The van der Waals surface area contributed by atoms with Gasteiger partial charge >= 0.3 is 0 Å². The van der Waals surface area contributed by atoms with Crippen LogP contribution >= 0.6 is 23.2 Å². The van der Waals surface area contributed by atoms with Gasteiger partial charge in [0.1, 0.15) is 11.5 Å². The van der Waals surface area contributed by atoms with Crippen molar-refractivity contribution in [3.8, 4) is 0 Å². The molecule has 2 saturated carbocycles. The van der Waals surface area contributed by atoms with Gasteiger partial charge in [0.2, 0.25) is 23.1 Å². The van der Waals surface area contributed by atoms with Crippen molar-refractivity contribution in [2.45, 2.75) is 63.2 Å². The zero-order valence-electron chi connectivity index (χ0n) is 28.5. The van der Waals surface area contributed by atoms with Crippen LogP contribution in [0.25, 0.3) is 11.5 Å². The van der Waals surface area contributed by atoms with Gasteiger partial charge in [0.15, 0.2) is 0 Å². The molecule has 4 aromatic rings. The highest BCUT2D eigenvalue weighted by molar-refractivity contribution is 6.53. The van der Waals surface area contributed by atoms with Crippen LogP contribution in [0.15, 0.2) is 108 Å². The third-order valence-electron chi connectivity index (χ3n) is 11.2. The predicted octanol–water partition coefficient (Wildman–Crippen LogP) is 10.7. The lowest BCUT2D eigenvalue weighted by molar-refractivity contribution is -0.113. The minimum atomic E-state index is -0.545. The molecule has 264 valence electrons. The molecule has 0 atom stereocenters. The molecule has 52 heavy (non-hydrogen) atoms. The first-order valence-electron chi connectivity index (χ1n) is 17.9. The summed E-state index contributed by atoms with van der Waals surface area (Å²) in [6.07, 6.45) is 6.83. The molecule has 6 nitrogen and oxygen atoms in total. The van der Waals surface area contributed by atoms with E-state index in [9.17, 15) is 29.4 Å². The Bertz CT molecular complexity index is 1960. The molecular weight excluding hydrogens is 695 g/mol. The van der Waals surface area contributed by atoms with Crippen molar-refractivity contribution in [1.29, 1.82) is 0 Å². The highest BCUT2D eigenvalue weighted by Gasteiger charge is 2.39. The molecule has 0 radical (unpaired) electrons. The quantitative estimate of drug-likeness (QED) is 0.202. The molecule has 2 fully saturated rings. The van der Waals surface area contributed by atoms with E-state index >= 15 is 0 Å². The Hall–Kier alpha value is -4.78. The highest BCUT2D eigenvalue weighted by atomic mass is 35.5. The Morgan fingerprint density at radius 1 is 0.385 bits per heavy atom. The third-order valence-corrected chi connectivity index (χ3v) is 11.7. The number of allylic oxidation sites excluding steroid dienone is 2. The molecule has 4 aliphatic carbocycles. The fourth-order valence-electron chi connectivity index (χ4n) is 8.43. The molecule has 0 aromatic heterocycles. The predicted molar refractivity (Wildman–Crippen MR) is 203 cm³/mol. The zero-order valence-corrected chi connectivity index (χ0v) is 30.0. The summed E-state index contributed by atoms with van der Waals surface area (Å²) in [5.74, 6) is -1.42. The number of ketones is 4. The maximum absolute atomic E-state index is 12.6. The van der Waals surface area contributed by atoms with Crippen LogP contribution in [0.5, 0.6) is 0 Å². The van der Waals surface area contributed by atoms with Gasteiger partial charge in [-0.05, 0) is 110 Å². The van der Waals surface area contributed by atoms with Crippen LogP contribution in [0, 0.1) is 11.8 Å². The lowest BCUT2D eigenvalue weighted by Crippen LogP contribution is -2.29. The van der Waals surface area contributed by atoms with E-state index in [-0.39, 0.29) is 23.4 Å². The molecule has 0 spiro atoms. The number of aliphatic hydroxyl groups excluding tert-OH is 2. The zero-order chi connectivity index (χ0) is 36.5. The van der Waals surface area contributed by atoms with Gasteiger partial charge in [0, 0.05) is 43.4 Å². The number of halogens is 2. The number of carbonyl (C=O) groups is 4. The number of carbonyl (C=O) groups excluding carboxylic acids is 4. The van der Waals surface area contributed by atoms with Crippen molar-refractivity contribution < 1.29 is 29.4 Å². The number of benzene rings is 4. The van der Waals surface area contributed by atoms with Crippen LogP contribution < -0.4 is 0 Å². The van der Waals surface area contributed by atoms with Crippen molar-refractivity contribution in [3.63, 3.8) is 0 Å². The van der Waals surface area contributed by atoms with E-state index in [1.54, 1.807) is 48.5 Å². The molecule has 8 rings (SSSR count). The van der Waals surface area contributed by atoms with E-state index in [0.29, 0.717) is 45.2 Å². The monoisotopic (exact) mass is 732 g/mol. The summed E-state index contributed by atoms with van der Waals surface area (Å²) in [4.78, 5) is 50.1. The van der Waals surface area contributed by atoms with Crippen LogP contribution in [-0.4, -0.2) is 33.3 Å². The van der Waals surface area contributed by atoms with Crippen molar-refractivity contribution in [2.75, 3.05) is 0 Å². The third kappa shape index (κ3) is 6.90. The number of rotatable bonds is 4. The van der Waals surface area contributed by atoms with Gasteiger partial charge in [0.25, 0.3) is 0 Å². The number of Topliss-reactive ketones (excluding diaryl/α,β-unsaturated/α-hetero) is 4. The number of fused-ring (bicyclic) bond motifs is 2. The Morgan fingerprint density at radius 3 is 1.00 bits per heavy atom. The molecule has 2 N–H and O–H groups in total. The fourth-order valence-corrected chi connectivity index (χ4v) is 8.68. The minimum absolute atomic E-state index is 0.0138. The fraction of sp³-hybridized carbons (Fsp3) is 0.273. The van der Waals surface area contributed by atoms with Gasteiger partial charge in [-0.25, -0.2) is 0 Å². The van der Waals surface area contributed by atoms with E-state index in [1.165, 1.54) is 11.1 Å². The average molecular weight is 734 g/mol. The summed E-state index contributed by atoms with van der Waals surface area (Å²) >= 11 is 11.9. The van der Waals surface area contributed by atoms with Crippen molar-refractivity contribution in [3.05, 3.63) is 152 Å². The molecule has 0 amide bonds. The van der Waals surface area contributed by atoms with Crippen LogP contribution in [0.1, 0.15) is 106 Å². The summed E-state index contributed by atoms with van der Waals surface area (Å²) in [7, 11) is 0. The number of hydrogen-bond acceptors (Lipinski definition) is 6. The van der Waals surface area contributed by atoms with Crippen LogP contribution in [0.2, 0.25) is 10.0 Å². The molecule has 0 bridgehead atoms. The smallest absolute Gasteiger partial charge is 0.234 e. The average Bonchev–Trinajstić information content (AvgIpc) is 3.18. The molecule has 0 aliphatic heterocycles. The molecule has 0 unspecified atom stereocenters. The largest absolute Gasteiger partial charge is 0.507 e. The topological polar surface area (TPSA) is 109 Å². The summed E-state index contributed by atoms with van der Waals surface area (Å²) in [6, 6.07) is 29.4. The van der Waals surface area contributed by atoms with Gasteiger partial charge in [-0.3, -0.25) is 19.2 Å². The molecular formula is C44H38Cl2O6. The molecule has 4 aliphatic rings. The number of aliphatic hydroxyl groups is 2. The van der Waals surface area contributed by atoms with Gasteiger partial charge in [-0.15, -0.1) is 0 Å². The minimum Gasteiger partial charge on any atom is -0.507 e. The van der Waals surface area contributed by atoms with Crippen molar-refractivity contribution in [1.82, 2.24) is 0 Å². The van der Waals surface area contributed by atoms with Crippen LogP contribution in [-0.2, 0) is 9.59 Å². The Morgan fingerprint density at radius 2 is 0.673 bits per heavy atom. The normalized spacial score (nSPS) is 23.1. The van der Waals surface area contributed by atoms with Crippen molar-refractivity contribution in [2.24, 2.45) is 11.8 Å². The molecule has 8 heteroatoms. The lowest BCUT2D eigenvalue weighted by atomic mass is 9.72. The van der Waals surface area contributed by atoms with E-state index < -0.39 is 23.1 Å². The number of hydrogen-bond donors (Lipinski definition) is 2. The van der Waals surface area contributed by atoms with E-state index in [0.717, 1.165) is 61.4 Å². The first-order chi connectivity index (χ1) is 25.1. The Labute approximate surface area is 312 Å². The van der Waals surface area contributed by atoms with Crippen LogP contribution in [0.4, 0.5) is 0 Å². The lowest BCUT2D eigenvalue weighted by Gasteiger charge is -2.31. The van der Waals surface area contributed by atoms with Gasteiger partial charge < -0.3 is 10.2 Å². The summed E-state index contributed by atoms with van der Waals surface area (Å²) < 4.78 is 0. The Balaban J connectivity index is 0.000000162. The second-order valence-corrected chi connectivity index (χ2v) is 15.0. The first-order valence-corrected chi connectivity index (χ1v) is 18.6. The van der Waals surface area contributed by atoms with Crippen LogP contribution in [0.3, 0.4) is 0 Å². The molecule has 4 aromatic carbocycles. The second-order valence-electron chi connectivity index (χ2n) is 14.1. The molecule has 0 saturated heterocycles. The summed E-state index contributed by atoms with van der Waals surface area (Å²) in [5, 5.41) is 22.8. The van der Waals surface area contributed by atoms with Crippen molar-refractivity contribution >= 4 is 57.9 Å². The summed E-state index contributed by atoms with van der Waals surface area (Å²) in [5.41, 5.74) is 4.68. The summed E-state index contributed by atoms with van der Waals surface area (Å²) in [6.45, 7) is 0. The van der Waals surface area contributed by atoms with E-state index in [1.807, 2.05) is 24.3 Å². The van der Waals surface area contributed by atoms with Gasteiger partial charge in [0.05, 0.1) is 0 Å². The highest BCUT2D eigenvalue weighted by Crippen LogP contribution is 2.44. The van der Waals surface area contributed by atoms with Gasteiger partial charge in [-0.1, -0.05) is 96.0 Å². The maximum Gasteiger partial charge on any atom is 0.234 e. The SMILES string of the molecule is O=C1C(=O)c2ccccc2C(O)=C1C1CCC(c2ccc(Cl)cc2)CC1.O=C1C(=O)c2ccccc2C(O)=C1C1CCC(c2ccc(Cl)cc2)CC1. The maximum atomic E-state index is 12.6.